The van der Waals surface area contributed by atoms with Crippen LogP contribution in [0.15, 0.2) is 30.3 Å². The molecule has 4 heteroatoms. The number of nitrogens with two attached hydrogens (primary N) is 1. The summed E-state index contributed by atoms with van der Waals surface area (Å²) >= 11 is 0. The molecule has 0 radical (unpaired) electrons. The molecule has 0 aliphatic rings. The summed E-state index contributed by atoms with van der Waals surface area (Å²) in [6.45, 7) is 4.20. The number of hydrogen-bond donors (Lipinski definition) is 1. The zero-order valence-corrected chi connectivity index (χ0v) is 12.2. The molecule has 1 aromatic rings. The summed E-state index contributed by atoms with van der Waals surface area (Å²) in [4.78, 5) is 0. The van der Waals surface area contributed by atoms with Crippen LogP contribution in [0.4, 0.5) is 13.2 Å². The van der Waals surface area contributed by atoms with Crippen molar-refractivity contribution in [3.63, 3.8) is 0 Å². The minimum absolute atomic E-state index is 0.102. The van der Waals surface area contributed by atoms with E-state index in [2.05, 4.69) is 13.8 Å². The molecule has 1 aromatic carbocycles. The first-order chi connectivity index (χ1) is 9.35. The lowest BCUT2D eigenvalue weighted by Gasteiger charge is -2.29. The highest BCUT2D eigenvalue weighted by Crippen LogP contribution is 2.32. The molecule has 3 atom stereocenters. The molecule has 0 aliphatic heterocycles. The topological polar surface area (TPSA) is 26.0 Å². The van der Waals surface area contributed by atoms with Crippen LogP contribution in [0.5, 0.6) is 0 Å². The van der Waals surface area contributed by atoms with E-state index in [4.69, 9.17) is 5.73 Å². The molecule has 0 spiro atoms. The van der Waals surface area contributed by atoms with Crippen LogP contribution in [0, 0.1) is 5.92 Å². The normalized spacial score (nSPS) is 16.7. The molecular weight excluding hydrogens is 263 g/mol. The molecular formula is C16H24F3N. The molecule has 1 rings (SSSR count). The summed E-state index contributed by atoms with van der Waals surface area (Å²) in [6, 6.07) is 9.64. The summed E-state index contributed by atoms with van der Waals surface area (Å²) in [5.74, 6) is 0.479. The first-order valence-electron chi connectivity index (χ1n) is 7.22. The number of rotatable bonds is 7. The maximum absolute atomic E-state index is 12.2. The molecule has 0 fully saturated rings. The molecule has 20 heavy (non-hydrogen) atoms. The minimum Gasteiger partial charge on any atom is -0.327 e. The highest BCUT2D eigenvalue weighted by Gasteiger charge is 2.29. The fourth-order valence-electron chi connectivity index (χ4n) is 2.64. The lowest BCUT2D eigenvalue weighted by atomic mass is 9.79. The largest absolute Gasteiger partial charge is 0.389 e. The van der Waals surface area contributed by atoms with Crippen LogP contribution in [0.25, 0.3) is 0 Å². The van der Waals surface area contributed by atoms with E-state index in [1.807, 2.05) is 30.3 Å². The van der Waals surface area contributed by atoms with E-state index in [0.717, 1.165) is 12.0 Å². The van der Waals surface area contributed by atoms with Crippen molar-refractivity contribution in [3.05, 3.63) is 35.9 Å². The first kappa shape index (κ1) is 17.0. The van der Waals surface area contributed by atoms with Gasteiger partial charge in [0.25, 0.3) is 0 Å². The quantitative estimate of drug-likeness (QED) is 0.760. The fourth-order valence-corrected chi connectivity index (χ4v) is 2.64. The fraction of sp³-hybridized carbons (Fsp3) is 0.625. The molecule has 0 aliphatic carbocycles. The van der Waals surface area contributed by atoms with Crippen molar-refractivity contribution in [2.45, 2.75) is 57.7 Å². The van der Waals surface area contributed by atoms with E-state index in [1.54, 1.807) is 0 Å². The van der Waals surface area contributed by atoms with Crippen molar-refractivity contribution in [2.24, 2.45) is 11.7 Å². The Labute approximate surface area is 119 Å². The van der Waals surface area contributed by atoms with Crippen LogP contribution in [0.2, 0.25) is 0 Å². The van der Waals surface area contributed by atoms with Gasteiger partial charge in [0.05, 0.1) is 0 Å². The van der Waals surface area contributed by atoms with Gasteiger partial charge in [-0.15, -0.1) is 0 Å². The minimum atomic E-state index is -4.08. The van der Waals surface area contributed by atoms with E-state index in [9.17, 15) is 13.2 Å². The van der Waals surface area contributed by atoms with Crippen molar-refractivity contribution in [2.75, 3.05) is 0 Å². The summed E-state index contributed by atoms with van der Waals surface area (Å²) < 4.78 is 36.6. The number of halogens is 3. The van der Waals surface area contributed by atoms with Gasteiger partial charge in [-0.05, 0) is 24.3 Å². The highest BCUT2D eigenvalue weighted by atomic mass is 19.4. The third-order valence-corrected chi connectivity index (χ3v) is 3.90. The van der Waals surface area contributed by atoms with Crippen LogP contribution in [0.3, 0.4) is 0 Å². The average Bonchev–Trinajstić information content (AvgIpc) is 2.38. The van der Waals surface area contributed by atoms with Gasteiger partial charge in [-0.3, -0.25) is 0 Å². The Morgan fingerprint density at radius 1 is 1.15 bits per heavy atom. The van der Waals surface area contributed by atoms with E-state index in [-0.39, 0.29) is 18.4 Å². The van der Waals surface area contributed by atoms with Crippen molar-refractivity contribution in [1.82, 2.24) is 0 Å². The molecule has 3 unspecified atom stereocenters. The molecule has 114 valence electrons. The smallest absolute Gasteiger partial charge is 0.327 e. The van der Waals surface area contributed by atoms with Gasteiger partial charge in [-0.2, -0.15) is 13.2 Å². The third kappa shape index (κ3) is 5.53. The summed E-state index contributed by atoms with van der Waals surface area (Å²) in [6.07, 6.45) is -3.36. The molecule has 1 nitrogen and oxygen atoms in total. The maximum Gasteiger partial charge on any atom is 0.389 e. The van der Waals surface area contributed by atoms with Crippen LogP contribution >= 0.6 is 0 Å². The van der Waals surface area contributed by atoms with Gasteiger partial charge < -0.3 is 5.73 Å². The second-order valence-corrected chi connectivity index (χ2v) is 5.49. The summed E-state index contributed by atoms with van der Waals surface area (Å²) in [5.41, 5.74) is 7.31. The Hall–Kier alpha value is -1.03. The van der Waals surface area contributed by atoms with Gasteiger partial charge in [0, 0.05) is 18.4 Å². The molecule has 0 saturated heterocycles. The highest BCUT2D eigenvalue weighted by molar-refractivity contribution is 5.22. The predicted molar refractivity (Wildman–Crippen MR) is 76.5 cm³/mol. The van der Waals surface area contributed by atoms with Crippen LogP contribution < -0.4 is 5.73 Å². The second-order valence-electron chi connectivity index (χ2n) is 5.49. The van der Waals surface area contributed by atoms with E-state index >= 15 is 0 Å². The third-order valence-electron chi connectivity index (χ3n) is 3.90. The van der Waals surface area contributed by atoms with E-state index < -0.39 is 12.6 Å². The SMILES string of the molecule is CCC(C)C(c1ccccc1)C(N)CCCC(F)(F)F. The standard InChI is InChI=1S/C16H24F3N/c1-3-12(2)15(13-8-5-4-6-9-13)14(20)10-7-11-16(17,18)19/h4-6,8-9,12,14-15H,3,7,10-11,20H2,1-2H3. The van der Waals surface area contributed by atoms with Gasteiger partial charge in [-0.25, -0.2) is 0 Å². The van der Waals surface area contributed by atoms with Gasteiger partial charge in [0.1, 0.15) is 0 Å². The van der Waals surface area contributed by atoms with Crippen LogP contribution in [0.1, 0.15) is 51.0 Å². The molecule has 0 saturated carbocycles. The maximum atomic E-state index is 12.2. The van der Waals surface area contributed by atoms with Crippen molar-refractivity contribution >= 4 is 0 Å². The first-order valence-corrected chi connectivity index (χ1v) is 7.22. The Morgan fingerprint density at radius 2 is 1.75 bits per heavy atom. The summed E-state index contributed by atoms with van der Waals surface area (Å²) in [7, 11) is 0. The monoisotopic (exact) mass is 287 g/mol. The molecule has 0 aromatic heterocycles. The van der Waals surface area contributed by atoms with Crippen molar-refractivity contribution < 1.29 is 13.2 Å². The lowest BCUT2D eigenvalue weighted by molar-refractivity contribution is -0.135. The predicted octanol–water partition coefficient (Wildman–Crippen LogP) is 4.88. The number of hydrogen-bond acceptors (Lipinski definition) is 1. The zero-order valence-electron chi connectivity index (χ0n) is 12.2. The Bertz CT molecular complexity index is 375. The lowest BCUT2D eigenvalue weighted by Crippen LogP contribution is -2.32. The molecule has 2 N–H and O–H groups in total. The van der Waals surface area contributed by atoms with E-state index in [0.29, 0.717) is 12.3 Å². The van der Waals surface area contributed by atoms with Crippen molar-refractivity contribution in [3.8, 4) is 0 Å². The molecule has 0 heterocycles. The molecule has 0 bridgehead atoms. The van der Waals surface area contributed by atoms with Crippen LogP contribution in [-0.2, 0) is 0 Å². The van der Waals surface area contributed by atoms with Crippen LogP contribution in [-0.4, -0.2) is 12.2 Å². The van der Waals surface area contributed by atoms with Gasteiger partial charge in [0.2, 0.25) is 0 Å². The van der Waals surface area contributed by atoms with Gasteiger partial charge >= 0.3 is 6.18 Å². The average molecular weight is 287 g/mol. The zero-order chi connectivity index (χ0) is 15.2. The summed E-state index contributed by atoms with van der Waals surface area (Å²) in [5, 5.41) is 0. The molecule has 0 amide bonds. The second kappa shape index (κ2) is 7.67. The van der Waals surface area contributed by atoms with Gasteiger partial charge in [-0.1, -0.05) is 50.6 Å². The Balaban J connectivity index is 2.69. The Morgan fingerprint density at radius 3 is 2.25 bits per heavy atom. The van der Waals surface area contributed by atoms with Crippen molar-refractivity contribution in [1.29, 1.82) is 0 Å². The van der Waals surface area contributed by atoms with E-state index in [1.165, 1.54) is 0 Å². The number of benzene rings is 1. The Kier molecular flexibility index (Phi) is 6.53. The number of alkyl halides is 3. The van der Waals surface area contributed by atoms with Gasteiger partial charge in [0.15, 0.2) is 0 Å².